The molecule has 0 spiro atoms. The minimum Gasteiger partial charge on any atom is -0.390 e. The van der Waals surface area contributed by atoms with Crippen molar-refractivity contribution in [2.45, 2.75) is 82.4 Å². The Morgan fingerprint density at radius 3 is 2.67 bits per heavy atom. The summed E-state index contributed by atoms with van der Waals surface area (Å²) in [5.41, 5.74) is -0.448. The summed E-state index contributed by atoms with van der Waals surface area (Å²) in [6.07, 6.45) is 10.1. The lowest BCUT2D eigenvalue weighted by molar-refractivity contribution is -0.134. The fourth-order valence-corrected chi connectivity index (χ4v) is 4.51. The van der Waals surface area contributed by atoms with E-state index in [1.165, 1.54) is 19.3 Å². The summed E-state index contributed by atoms with van der Waals surface area (Å²) >= 11 is 0. The Morgan fingerprint density at radius 1 is 1.19 bits per heavy atom. The molecule has 4 nitrogen and oxygen atoms in total. The lowest BCUT2D eigenvalue weighted by atomic mass is 9.71. The van der Waals surface area contributed by atoms with Crippen molar-refractivity contribution in [3.05, 3.63) is 0 Å². The van der Waals surface area contributed by atoms with Crippen molar-refractivity contribution in [1.82, 2.24) is 10.2 Å². The molecule has 1 aliphatic heterocycles. The average Bonchev–Trinajstić information content (AvgIpc) is 2.98. The molecule has 3 aliphatic rings. The summed E-state index contributed by atoms with van der Waals surface area (Å²) in [7, 11) is 0. The predicted molar refractivity (Wildman–Crippen MR) is 83.0 cm³/mol. The highest BCUT2D eigenvalue weighted by molar-refractivity contribution is 5.81. The van der Waals surface area contributed by atoms with E-state index >= 15 is 0 Å². The topological polar surface area (TPSA) is 52.6 Å². The largest absolute Gasteiger partial charge is 0.390 e. The van der Waals surface area contributed by atoms with Crippen LogP contribution in [0.5, 0.6) is 0 Å². The number of aliphatic hydroxyl groups is 1. The fourth-order valence-electron chi connectivity index (χ4n) is 4.51. The highest BCUT2D eigenvalue weighted by Gasteiger charge is 2.44. The first-order valence-corrected chi connectivity index (χ1v) is 8.85. The van der Waals surface area contributed by atoms with Crippen molar-refractivity contribution in [2.75, 3.05) is 13.1 Å². The number of hydrogen-bond donors (Lipinski definition) is 2. The fraction of sp³-hybridized carbons (Fsp3) is 0.941. The predicted octanol–water partition coefficient (Wildman–Crippen LogP) is 2.06. The Balaban J connectivity index is 1.55. The van der Waals surface area contributed by atoms with Gasteiger partial charge in [0.1, 0.15) is 0 Å². The molecule has 0 radical (unpaired) electrons. The molecule has 3 atom stereocenters. The van der Waals surface area contributed by atoms with Gasteiger partial charge in [0.25, 0.3) is 0 Å². The van der Waals surface area contributed by atoms with Crippen LogP contribution in [0, 0.1) is 5.92 Å². The third kappa shape index (κ3) is 3.26. The molecular formula is C17H30N2O2. The number of rotatable bonds is 3. The van der Waals surface area contributed by atoms with Crippen LogP contribution in [0.3, 0.4) is 0 Å². The number of likely N-dealkylation sites (tertiary alicyclic amines) is 1. The number of nitrogens with one attached hydrogen (secondary N) is 1. The van der Waals surface area contributed by atoms with E-state index < -0.39 is 5.60 Å². The van der Waals surface area contributed by atoms with E-state index in [-0.39, 0.29) is 11.9 Å². The van der Waals surface area contributed by atoms with E-state index in [1.54, 1.807) is 0 Å². The first-order chi connectivity index (χ1) is 10.1. The number of fused-ring (bicyclic) bond motifs is 1. The SMILES string of the molecule is CC(C(=O)NC1CCCC1)N1CCC2(O)CCCCC2C1. The molecule has 3 unspecified atom stereocenters. The molecule has 120 valence electrons. The number of amides is 1. The number of carbonyl (C=O) groups is 1. The Hall–Kier alpha value is -0.610. The molecular weight excluding hydrogens is 264 g/mol. The van der Waals surface area contributed by atoms with E-state index in [2.05, 4.69) is 10.2 Å². The van der Waals surface area contributed by atoms with Crippen molar-refractivity contribution >= 4 is 5.91 Å². The zero-order valence-electron chi connectivity index (χ0n) is 13.3. The Labute approximate surface area is 128 Å². The maximum absolute atomic E-state index is 12.4. The molecule has 21 heavy (non-hydrogen) atoms. The van der Waals surface area contributed by atoms with Gasteiger partial charge in [0.2, 0.25) is 5.91 Å². The summed E-state index contributed by atoms with van der Waals surface area (Å²) < 4.78 is 0. The van der Waals surface area contributed by atoms with Gasteiger partial charge in [-0.05, 0) is 39.0 Å². The van der Waals surface area contributed by atoms with E-state index in [9.17, 15) is 9.90 Å². The summed E-state index contributed by atoms with van der Waals surface area (Å²) in [6, 6.07) is 0.341. The van der Waals surface area contributed by atoms with Gasteiger partial charge in [-0.15, -0.1) is 0 Å². The normalized spacial score (nSPS) is 36.2. The average molecular weight is 294 g/mol. The van der Waals surface area contributed by atoms with Crippen LogP contribution < -0.4 is 5.32 Å². The van der Waals surface area contributed by atoms with Crippen LogP contribution >= 0.6 is 0 Å². The summed E-state index contributed by atoms with van der Waals surface area (Å²) in [4.78, 5) is 14.7. The zero-order chi connectivity index (χ0) is 14.9. The molecule has 2 N–H and O–H groups in total. The highest BCUT2D eigenvalue weighted by Crippen LogP contribution is 2.40. The minimum absolute atomic E-state index is 0.0583. The quantitative estimate of drug-likeness (QED) is 0.838. The second-order valence-corrected chi connectivity index (χ2v) is 7.46. The number of nitrogens with zero attached hydrogens (tertiary/aromatic N) is 1. The maximum Gasteiger partial charge on any atom is 0.237 e. The Bertz CT molecular complexity index is 381. The molecule has 1 amide bonds. The van der Waals surface area contributed by atoms with Crippen LogP contribution in [-0.4, -0.2) is 46.7 Å². The highest BCUT2D eigenvalue weighted by atomic mass is 16.3. The first kappa shape index (κ1) is 15.3. The van der Waals surface area contributed by atoms with Gasteiger partial charge < -0.3 is 10.4 Å². The van der Waals surface area contributed by atoms with Crippen molar-refractivity contribution in [2.24, 2.45) is 5.92 Å². The number of piperidine rings is 1. The molecule has 1 saturated heterocycles. The van der Waals surface area contributed by atoms with E-state index in [0.29, 0.717) is 12.0 Å². The Morgan fingerprint density at radius 2 is 1.90 bits per heavy atom. The molecule has 2 saturated carbocycles. The van der Waals surface area contributed by atoms with E-state index in [1.807, 2.05) is 6.92 Å². The maximum atomic E-state index is 12.4. The molecule has 0 bridgehead atoms. The second kappa shape index (κ2) is 6.25. The summed E-state index contributed by atoms with van der Waals surface area (Å²) in [5.74, 6) is 0.546. The number of carbonyl (C=O) groups excluding carboxylic acids is 1. The second-order valence-electron chi connectivity index (χ2n) is 7.46. The van der Waals surface area contributed by atoms with Gasteiger partial charge in [-0.1, -0.05) is 25.7 Å². The van der Waals surface area contributed by atoms with Crippen LogP contribution in [0.2, 0.25) is 0 Å². The first-order valence-electron chi connectivity index (χ1n) is 8.85. The molecule has 4 heteroatoms. The van der Waals surface area contributed by atoms with Gasteiger partial charge in [0.15, 0.2) is 0 Å². The van der Waals surface area contributed by atoms with Crippen molar-refractivity contribution in [3.63, 3.8) is 0 Å². The zero-order valence-corrected chi connectivity index (χ0v) is 13.3. The van der Waals surface area contributed by atoms with Gasteiger partial charge >= 0.3 is 0 Å². The van der Waals surface area contributed by atoms with Gasteiger partial charge in [0.05, 0.1) is 11.6 Å². The molecule has 0 aromatic carbocycles. The van der Waals surface area contributed by atoms with E-state index in [4.69, 9.17) is 0 Å². The molecule has 3 rings (SSSR count). The van der Waals surface area contributed by atoms with Gasteiger partial charge in [-0.3, -0.25) is 9.69 Å². The monoisotopic (exact) mass is 294 g/mol. The third-order valence-corrected chi connectivity index (χ3v) is 6.09. The van der Waals surface area contributed by atoms with Gasteiger partial charge in [-0.25, -0.2) is 0 Å². The standard InChI is InChI=1S/C17H30N2O2/c1-13(16(20)18-15-7-2-3-8-15)19-11-10-17(21)9-5-4-6-14(17)12-19/h13-15,21H,2-12H2,1H3,(H,18,20). The molecule has 2 aliphatic carbocycles. The summed E-state index contributed by atoms with van der Waals surface area (Å²) in [6.45, 7) is 3.76. The molecule has 3 fully saturated rings. The van der Waals surface area contributed by atoms with Crippen LogP contribution in [0.25, 0.3) is 0 Å². The van der Waals surface area contributed by atoms with Crippen molar-refractivity contribution in [1.29, 1.82) is 0 Å². The van der Waals surface area contributed by atoms with Crippen LogP contribution in [0.4, 0.5) is 0 Å². The smallest absolute Gasteiger partial charge is 0.237 e. The van der Waals surface area contributed by atoms with Gasteiger partial charge in [0, 0.05) is 25.0 Å². The number of hydrogen-bond acceptors (Lipinski definition) is 3. The lowest BCUT2D eigenvalue weighted by Crippen LogP contribution is -2.58. The minimum atomic E-state index is -0.448. The van der Waals surface area contributed by atoms with Crippen LogP contribution in [0.15, 0.2) is 0 Å². The summed E-state index contributed by atoms with van der Waals surface area (Å²) in [5, 5.41) is 13.9. The third-order valence-electron chi connectivity index (χ3n) is 6.09. The van der Waals surface area contributed by atoms with Crippen LogP contribution in [0.1, 0.15) is 64.7 Å². The van der Waals surface area contributed by atoms with Crippen molar-refractivity contribution < 1.29 is 9.90 Å². The molecule has 0 aromatic rings. The lowest BCUT2D eigenvalue weighted by Gasteiger charge is -2.48. The Kier molecular flexibility index (Phi) is 4.55. The van der Waals surface area contributed by atoms with Gasteiger partial charge in [-0.2, -0.15) is 0 Å². The van der Waals surface area contributed by atoms with Crippen molar-refractivity contribution in [3.8, 4) is 0 Å². The molecule has 1 heterocycles. The van der Waals surface area contributed by atoms with Crippen LogP contribution in [-0.2, 0) is 4.79 Å². The van der Waals surface area contributed by atoms with E-state index in [0.717, 1.165) is 51.6 Å². The molecule has 0 aromatic heterocycles.